The summed E-state index contributed by atoms with van der Waals surface area (Å²) in [5.74, 6) is -1.76. The molecule has 40 heavy (non-hydrogen) atoms. The monoisotopic (exact) mass is 540 g/mol. The van der Waals surface area contributed by atoms with Crippen molar-refractivity contribution in [1.82, 2.24) is 19.6 Å². The lowest BCUT2D eigenvalue weighted by molar-refractivity contribution is 0.0695. The van der Waals surface area contributed by atoms with E-state index in [1.807, 2.05) is 41.3 Å². The number of anilines is 2. The molecule has 0 saturated carbocycles. The number of carboxylic acid groups (broad SMARTS) is 1. The molecule has 10 nitrogen and oxygen atoms in total. The molecular formula is C29H25FN6O4. The molecule has 1 aliphatic heterocycles. The second kappa shape index (κ2) is 10.2. The molecule has 0 aliphatic carbocycles. The minimum absolute atomic E-state index is 0.00410. The Bertz CT molecular complexity index is 1740. The third-order valence-electron chi connectivity index (χ3n) is 7.17. The Labute approximate surface area is 227 Å². The number of aromatic carboxylic acids is 1. The number of benzene rings is 3. The number of aromatic hydroxyl groups is 1. The number of phenols is 1. The van der Waals surface area contributed by atoms with Crippen molar-refractivity contribution < 1.29 is 19.4 Å². The summed E-state index contributed by atoms with van der Waals surface area (Å²) >= 11 is 0. The van der Waals surface area contributed by atoms with Crippen LogP contribution in [0.4, 0.5) is 15.8 Å². The molecule has 202 valence electrons. The first kappa shape index (κ1) is 25.1. The van der Waals surface area contributed by atoms with E-state index in [0.717, 1.165) is 17.3 Å². The zero-order valence-corrected chi connectivity index (χ0v) is 21.3. The van der Waals surface area contributed by atoms with Crippen LogP contribution in [0.15, 0.2) is 84.0 Å². The van der Waals surface area contributed by atoms with Gasteiger partial charge in [-0.15, -0.1) is 5.10 Å². The largest absolute Gasteiger partial charge is 0.508 e. The van der Waals surface area contributed by atoms with Crippen molar-refractivity contribution in [1.29, 1.82) is 0 Å². The average Bonchev–Trinajstić information content (AvgIpc) is 3.47. The molecule has 3 heterocycles. The van der Waals surface area contributed by atoms with Gasteiger partial charge in [0.1, 0.15) is 17.1 Å². The first-order valence-corrected chi connectivity index (χ1v) is 12.7. The fraction of sp³-hybridized carbons (Fsp3) is 0.172. The van der Waals surface area contributed by atoms with Gasteiger partial charge in [-0.25, -0.2) is 13.9 Å². The van der Waals surface area contributed by atoms with Crippen molar-refractivity contribution >= 4 is 28.2 Å². The van der Waals surface area contributed by atoms with E-state index < -0.39 is 22.8 Å². The molecule has 1 fully saturated rings. The molecule has 2 aromatic heterocycles. The lowest BCUT2D eigenvalue weighted by Gasteiger charge is -2.37. The molecule has 0 bridgehead atoms. The van der Waals surface area contributed by atoms with Gasteiger partial charge in [0, 0.05) is 55.3 Å². The van der Waals surface area contributed by atoms with Gasteiger partial charge in [-0.2, -0.15) is 0 Å². The van der Waals surface area contributed by atoms with Gasteiger partial charge >= 0.3 is 5.97 Å². The Morgan fingerprint density at radius 3 is 2.25 bits per heavy atom. The number of hydrogen-bond donors (Lipinski definition) is 2. The summed E-state index contributed by atoms with van der Waals surface area (Å²) in [5, 5.41) is 27.0. The van der Waals surface area contributed by atoms with Crippen molar-refractivity contribution in [3.05, 3.63) is 106 Å². The van der Waals surface area contributed by atoms with Gasteiger partial charge < -0.3 is 24.6 Å². The molecule has 11 heteroatoms. The highest BCUT2D eigenvalue weighted by atomic mass is 19.1. The maximum atomic E-state index is 15.5. The van der Waals surface area contributed by atoms with E-state index in [9.17, 15) is 19.8 Å². The van der Waals surface area contributed by atoms with E-state index >= 15 is 4.39 Å². The normalized spacial score (nSPS) is 13.6. The third-order valence-corrected chi connectivity index (χ3v) is 7.17. The van der Waals surface area contributed by atoms with Crippen LogP contribution in [0.2, 0.25) is 0 Å². The van der Waals surface area contributed by atoms with Gasteiger partial charge in [0.2, 0.25) is 5.43 Å². The predicted octanol–water partition coefficient (Wildman–Crippen LogP) is 3.50. The molecule has 0 spiro atoms. The third kappa shape index (κ3) is 4.73. The molecule has 1 saturated heterocycles. The van der Waals surface area contributed by atoms with Gasteiger partial charge in [0.25, 0.3) is 0 Å². The number of fused-ring (bicyclic) bond motifs is 1. The predicted molar refractivity (Wildman–Crippen MR) is 148 cm³/mol. The number of pyridine rings is 1. The highest BCUT2D eigenvalue weighted by Gasteiger charge is 2.23. The van der Waals surface area contributed by atoms with Crippen LogP contribution >= 0.6 is 0 Å². The van der Waals surface area contributed by atoms with Crippen LogP contribution in [0.3, 0.4) is 0 Å². The Morgan fingerprint density at radius 2 is 1.60 bits per heavy atom. The van der Waals surface area contributed by atoms with Crippen LogP contribution in [0, 0.1) is 5.82 Å². The number of nitrogens with zero attached hydrogens (tertiary/aromatic N) is 6. The van der Waals surface area contributed by atoms with Crippen LogP contribution in [0.5, 0.6) is 5.75 Å². The summed E-state index contributed by atoms with van der Waals surface area (Å²) in [5.41, 5.74) is 2.14. The number of phenolic OH excluding ortho intramolecular Hbond substituents is 1. The van der Waals surface area contributed by atoms with E-state index in [1.54, 1.807) is 39.8 Å². The second-order valence-corrected chi connectivity index (χ2v) is 9.63. The highest BCUT2D eigenvalue weighted by Crippen LogP contribution is 2.29. The van der Waals surface area contributed by atoms with Crippen molar-refractivity contribution in [2.45, 2.75) is 6.54 Å². The van der Waals surface area contributed by atoms with Crippen LogP contribution < -0.4 is 15.2 Å². The lowest BCUT2D eigenvalue weighted by atomic mass is 10.1. The van der Waals surface area contributed by atoms with Crippen LogP contribution in [-0.4, -0.2) is 61.9 Å². The number of carboxylic acids is 1. The smallest absolute Gasteiger partial charge is 0.341 e. The maximum absolute atomic E-state index is 15.5. The number of piperazine rings is 1. The molecule has 3 aromatic carbocycles. The number of halogens is 1. The van der Waals surface area contributed by atoms with Gasteiger partial charge in [-0.05, 0) is 54.1 Å². The Kier molecular flexibility index (Phi) is 6.39. The van der Waals surface area contributed by atoms with Crippen molar-refractivity contribution in [3.8, 4) is 11.4 Å². The van der Waals surface area contributed by atoms with Crippen molar-refractivity contribution in [2.24, 2.45) is 0 Å². The topological polar surface area (TPSA) is 117 Å². The van der Waals surface area contributed by atoms with E-state index in [1.165, 1.54) is 6.20 Å². The SMILES string of the molecule is O=C(O)c1cn(-c2ccc(Cn3ccnn3)cc2)c2cc(N3CCN(c4ccc(O)cc4)CC3)c(F)cc2c1=O. The zero-order chi connectivity index (χ0) is 27.8. The molecule has 1 aliphatic rings. The molecule has 0 unspecified atom stereocenters. The zero-order valence-electron chi connectivity index (χ0n) is 21.3. The van der Waals surface area contributed by atoms with Gasteiger partial charge in [-0.1, -0.05) is 17.3 Å². The molecule has 6 rings (SSSR count). The summed E-state index contributed by atoms with van der Waals surface area (Å²) in [6.45, 7) is 2.87. The molecule has 2 N–H and O–H groups in total. The average molecular weight is 541 g/mol. The minimum Gasteiger partial charge on any atom is -0.508 e. The quantitative estimate of drug-likeness (QED) is 0.336. The van der Waals surface area contributed by atoms with E-state index in [2.05, 4.69) is 15.2 Å². The van der Waals surface area contributed by atoms with Crippen molar-refractivity contribution in [2.75, 3.05) is 36.0 Å². The summed E-state index contributed by atoms with van der Waals surface area (Å²) in [6, 6.07) is 17.1. The fourth-order valence-electron chi connectivity index (χ4n) is 5.08. The van der Waals surface area contributed by atoms with Crippen molar-refractivity contribution in [3.63, 3.8) is 0 Å². The van der Waals surface area contributed by atoms with Crippen LogP contribution in [0.1, 0.15) is 15.9 Å². The van der Waals surface area contributed by atoms with Gasteiger partial charge in [0.05, 0.1) is 23.9 Å². The number of aromatic nitrogens is 4. The molecule has 5 aromatic rings. The second-order valence-electron chi connectivity index (χ2n) is 9.63. The number of rotatable bonds is 6. The fourth-order valence-corrected chi connectivity index (χ4v) is 5.08. The molecule has 0 amide bonds. The summed E-state index contributed by atoms with van der Waals surface area (Å²) < 4.78 is 18.8. The molecule has 0 radical (unpaired) electrons. The molecular weight excluding hydrogens is 515 g/mol. The Balaban J connectivity index is 1.36. The van der Waals surface area contributed by atoms with E-state index in [4.69, 9.17) is 0 Å². The van der Waals surface area contributed by atoms with E-state index in [0.29, 0.717) is 49.6 Å². The highest BCUT2D eigenvalue weighted by molar-refractivity contribution is 5.94. The Morgan fingerprint density at radius 1 is 0.925 bits per heavy atom. The van der Waals surface area contributed by atoms with Crippen LogP contribution in [-0.2, 0) is 6.54 Å². The first-order chi connectivity index (χ1) is 19.4. The van der Waals surface area contributed by atoms with E-state index in [-0.39, 0.29) is 11.1 Å². The minimum atomic E-state index is -1.38. The van der Waals surface area contributed by atoms with Gasteiger partial charge in [0.15, 0.2) is 0 Å². The lowest BCUT2D eigenvalue weighted by Crippen LogP contribution is -2.46. The number of carbonyl (C=O) groups is 1. The summed E-state index contributed by atoms with van der Waals surface area (Å²) in [6.07, 6.45) is 4.64. The first-order valence-electron chi connectivity index (χ1n) is 12.7. The maximum Gasteiger partial charge on any atom is 0.341 e. The van der Waals surface area contributed by atoms with Crippen LogP contribution in [0.25, 0.3) is 16.6 Å². The number of hydrogen-bond acceptors (Lipinski definition) is 7. The summed E-state index contributed by atoms with van der Waals surface area (Å²) in [7, 11) is 0. The molecule has 0 atom stereocenters. The Hall–Kier alpha value is -5.19. The standard InChI is InChI=1S/C29H25FN6O4/c30-25-15-23-26(16-27(25)34-13-11-33(12-14-34)20-5-7-22(37)8-6-20)36(18-24(28(23)38)29(39)40)21-3-1-19(2-4-21)17-35-10-9-31-32-35/h1-10,15-16,18,37H,11-14,17H2,(H,39,40). The van der Waals surface area contributed by atoms with Gasteiger partial charge in [-0.3, -0.25) is 4.79 Å². The summed E-state index contributed by atoms with van der Waals surface area (Å²) in [4.78, 5) is 29.0.